The lowest BCUT2D eigenvalue weighted by Crippen LogP contribution is -2.45. The van der Waals surface area contributed by atoms with Crippen molar-refractivity contribution in [1.82, 2.24) is 19.8 Å². The zero-order valence-electron chi connectivity index (χ0n) is 20.8. The Morgan fingerprint density at radius 3 is 1.84 bits per heavy atom. The molecular formula is C29H31N5O3. The molecule has 1 aliphatic rings. The molecule has 1 saturated heterocycles. The Morgan fingerprint density at radius 2 is 1.30 bits per heavy atom. The molecular weight excluding hydrogens is 466 g/mol. The van der Waals surface area contributed by atoms with Gasteiger partial charge in [-0.25, -0.2) is 9.97 Å². The minimum Gasteiger partial charge on any atom is -0.508 e. The van der Waals surface area contributed by atoms with Crippen molar-refractivity contribution in [3.63, 3.8) is 0 Å². The van der Waals surface area contributed by atoms with Crippen molar-refractivity contribution < 1.29 is 14.9 Å². The number of piperazine rings is 1. The first-order valence-corrected chi connectivity index (χ1v) is 12.4. The number of aromatic nitrogens is 2. The summed E-state index contributed by atoms with van der Waals surface area (Å²) in [5, 5.41) is 22.7. The topological polar surface area (TPSA) is 94.0 Å². The zero-order chi connectivity index (χ0) is 25.6. The second-order valence-corrected chi connectivity index (χ2v) is 9.20. The molecule has 2 heterocycles. The van der Waals surface area contributed by atoms with E-state index in [9.17, 15) is 10.2 Å². The van der Waals surface area contributed by atoms with Crippen LogP contribution in [0, 0.1) is 0 Å². The second-order valence-electron chi connectivity index (χ2n) is 9.20. The Balaban J connectivity index is 1.30. The SMILES string of the molecule is CN1CCN(CCOc2ccc(Nc3nc(-c4ccc(O)cc4)cc(-c4ccc(O)cc4)n3)cc2)CC1. The van der Waals surface area contributed by atoms with Crippen molar-refractivity contribution in [3.8, 4) is 39.8 Å². The largest absolute Gasteiger partial charge is 0.508 e. The first-order valence-electron chi connectivity index (χ1n) is 12.4. The molecule has 4 aromatic rings. The van der Waals surface area contributed by atoms with E-state index in [0.717, 1.165) is 55.3 Å². The van der Waals surface area contributed by atoms with Gasteiger partial charge in [-0.05, 0) is 85.9 Å². The van der Waals surface area contributed by atoms with Gasteiger partial charge in [0.25, 0.3) is 0 Å². The van der Waals surface area contributed by atoms with Crippen LogP contribution in [-0.2, 0) is 0 Å². The molecule has 0 bridgehead atoms. The van der Waals surface area contributed by atoms with Crippen LogP contribution in [0.5, 0.6) is 17.2 Å². The Bertz CT molecular complexity index is 1240. The maximum atomic E-state index is 9.68. The van der Waals surface area contributed by atoms with Gasteiger partial charge in [0.15, 0.2) is 0 Å². The molecule has 3 N–H and O–H groups in total. The van der Waals surface area contributed by atoms with Gasteiger partial charge in [-0.15, -0.1) is 0 Å². The van der Waals surface area contributed by atoms with Crippen molar-refractivity contribution in [2.75, 3.05) is 51.7 Å². The van der Waals surface area contributed by atoms with E-state index in [4.69, 9.17) is 14.7 Å². The molecule has 0 atom stereocenters. The lowest BCUT2D eigenvalue weighted by Gasteiger charge is -2.32. The smallest absolute Gasteiger partial charge is 0.228 e. The molecule has 1 aromatic heterocycles. The van der Waals surface area contributed by atoms with Gasteiger partial charge in [-0.2, -0.15) is 0 Å². The number of rotatable bonds is 8. The van der Waals surface area contributed by atoms with Gasteiger partial charge in [0.2, 0.25) is 5.95 Å². The highest BCUT2D eigenvalue weighted by Crippen LogP contribution is 2.28. The van der Waals surface area contributed by atoms with Gasteiger partial charge >= 0.3 is 0 Å². The molecule has 5 rings (SSSR count). The monoisotopic (exact) mass is 497 g/mol. The average Bonchev–Trinajstić information content (AvgIpc) is 2.91. The van der Waals surface area contributed by atoms with Crippen LogP contribution in [0.15, 0.2) is 78.9 Å². The van der Waals surface area contributed by atoms with Crippen LogP contribution < -0.4 is 10.1 Å². The van der Waals surface area contributed by atoms with E-state index < -0.39 is 0 Å². The summed E-state index contributed by atoms with van der Waals surface area (Å²) in [5.41, 5.74) is 3.97. The van der Waals surface area contributed by atoms with Gasteiger partial charge < -0.3 is 25.2 Å². The van der Waals surface area contributed by atoms with E-state index in [0.29, 0.717) is 23.9 Å². The number of benzene rings is 3. The Morgan fingerprint density at radius 1 is 0.757 bits per heavy atom. The quantitative estimate of drug-likeness (QED) is 0.325. The van der Waals surface area contributed by atoms with Crippen molar-refractivity contribution in [3.05, 3.63) is 78.9 Å². The molecule has 3 aromatic carbocycles. The predicted molar refractivity (Wildman–Crippen MR) is 145 cm³/mol. The number of phenolic OH excluding ortho intramolecular Hbond substituents is 2. The summed E-state index contributed by atoms with van der Waals surface area (Å²) in [7, 11) is 2.16. The van der Waals surface area contributed by atoms with Gasteiger partial charge in [0.1, 0.15) is 23.9 Å². The normalized spacial score (nSPS) is 14.4. The second kappa shape index (κ2) is 11.3. The molecule has 0 radical (unpaired) electrons. The lowest BCUT2D eigenvalue weighted by molar-refractivity contribution is 0.134. The van der Waals surface area contributed by atoms with E-state index in [1.807, 2.05) is 54.6 Å². The summed E-state index contributed by atoms with van der Waals surface area (Å²) in [6.45, 7) is 5.95. The number of phenols is 2. The van der Waals surface area contributed by atoms with Crippen LogP contribution in [0.3, 0.4) is 0 Å². The minimum atomic E-state index is 0.195. The number of hydrogen-bond acceptors (Lipinski definition) is 8. The minimum absolute atomic E-state index is 0.195. The molecule has 37 heavy (non-hydrogen) atoms. The van der Waals surface area contributed by atoms with E-state index in [2.05, 4.69) is 22.2 Å². The molecule has 8 nitrogen and oxygen atoms in total. The number of aromatic hydroxyl groups is 2. The number of anilines is 2. The standard InChI is InChI=1S/C29H31N5O3/c1-33-14-16-34(17-15-33)18-19-37-26-12-6-23(7-13-26)30-29-31-27(21-2-8-24(35)9-3-21)20-28(32-29)22-4-10-25(36)11-5-22/h2-13,20,35-36H,14-19H2,1H3,(H,30,31,32). The van der Waals surface area contributed by atoms with Crippen LogP contribution in [0.2, 0.25) is 0 Å². The number of likely N-dealkylation sites (N-methyl/N-ethyl adjacent to an activating group) is 1. The zero-order valence-corrected chi connectivity index (χ0v) is 20.8. The molecule has 0 aliphatic carbocycles. The molecule has 0 unspecified atom stereocenters. The molecule has 0 saturated carbocycles. The highest BCUT2D eigenvalue weighted by molar-refractivity contribution is 5.71. The summed E-state index contributed by atoms with van der Waals surface area (Å²) in [5.74, 6) is 1.65. The molecule has 0 amide bonds. The summed E-state index contributed by atoms with van der Waals surface area (Å²) >= 11 is 0. The highest BCUT2D eigenvalue weighted by Gasteiger charge is 2.13. The van der Waals surface area contributed by atoms with Gasteiger partial charge in [0.05, 0.1) is 11.4 Å². The molecule has 8 heteroatoms. The molecule has 1 fully saturated rings. The third-order valence-corrected chi connectivity index (χ3v) is 6.43. The summed E-state index contributed by atoms with van der Waals surface area (Å²) in [4.78, 5) is 14.2. The summed E-state index contributed by atoms with van der Waals surface area (Å²) in [6, 6.07) is 23.5. The summed E-state index contributed by atoms with van der Waals surface area (Å²) < 4.78 is 5.96. The van der Waals surface area contributed by atoms with Crippen LogP contribution in [0.25, 0.3) is 22.5 Å². The van der Waals surface area contributed by atoms with Crippen molar-refractivity contribution >= 4 is 11.6 Å². The van der Waals surface area contributed by atoms with E-state index >= 15 is 0 Å². The Kier molecular flexibility index (Phi) is 7.49. The predicted octanol–water partition coefficient (Wildman–Crippen LogP) is 4.59. The van der Waals surface area contributed by atoms with Crippen molar-refractivity contribution in [1.29, 1.82) is 0 Å². The van der Waals surface area contributed by atoms with E-state index in [1.165, 1.54) is 0 Å². The molecule has 1 aliphatic heterocycles. The lowest BCUT2D eigenvalue weighted by atomic mass is 10.1. The fourth-order valence-electron chi connectivity index (χ4n) is 4.19. The maximum absolute atomic E-state index is 9.68. The third-order valence-electron chi connectivity index (χ3n) is 6.43. The third kappa shape index (κ3) is 6.55. The Hall–Kier alpha value is -4.14. The first-order chi connectivity index (χ1) is 18.0. The van der Waals surface area contributed by atoms with E-state index in [1.54, 1.807) is 24.3 Å². The van der Waals surface area contributed by atoms with Crippen molar-refractivity contribution in [2.24, 2.45) is 0 Å². The van der Waals surface area contributed by atoms with E-state index in [-0.39, 0.29) is 11.5 Å². The van der Waals surface area contributed by atoms with Gasteiger partial charge in [0, 0.05) is 49.5 Å². The van der Waals surface area contributed by atoms with Gasteiger partial charge in [-0.3, -0.25) is 4.90 Å². The molecule has 0 spiro atoms. The highest BCUT2D eigenvalue weighted by atomic mass is 16.5. The number of hydrogen-bond donors (Lipinski definition) is 3. The van der Waals surface area contributed by atoms with Crippen LogP contribution in [0.1, 0.15) is 0 Å². The average molecular weight is 498 g/mol. The van der Waals surface area contributed by atoms with Crippen LogP contribution in [-0.4, -0.2) is 76.4 Å². The fourth-order valence-corrected chi connectivity index (χ4v) is 4.19. The summed E-state index contributed by atoms with van der Waals surface area (Å²) in [6.07, 6.45) is 0. The number of ether oxygens (including phenoxy) is 1. The van der Waals surface area contributed by atoms with Crippen molar-refractivity contribution in [2.45, 2.75) is 0 Å². The number of nitrogens with zero attached hydrogens (tertiary/aromatic N) is 4. The van der Waals surface area contributed by atoms with Crippen LogP contribution in [0.4, 0.5) is 11.6 Å². The molecule has 190 valence electrons. The number of nitrogens with one attached hydrogen (secondary N) is 1. The Labute approximate surface area is 216 Å². The van der Waals surface area contributed by atoms with Gasteiger partial charge in [-0.1, -0.05) is 0 Å². The first kappa shape index (κ1) is 24.5. The van der Waals surface area contributed by atoms with Crippen LogP contribution >= 0.6 is 0 Å². The maximum Gasteiger partial charge on any atom is 0.228 e. The fraction of sp³-hybridized carbons (Fsp3) is 0.241.